The number of hydrogen-bond donors (Lipinski definition) is 1. The van der Waals surface area contributed by atoms with E-state index in [9.17, 15) is 4.79 Å². The Morgan fingerprint density at radius 3 is 2.72 bits per heavy atom. The molecule has 0 aromatic heterocycles. The molecule has 1 amide bonds. The van der Waals surface area contributed by atoms with Crippen molar-refractivity contribution in [3.63, 3.8) is 0 Å². The maximum absolute atomic E-state index is 12.0. The van der Waals surface area contributed by atoms with Gasteiger partial charge in [0.1, 0.15) is 0 Å². The van der Waals surface area contributed by atoms with Gasteiger partial charge in [-0.15, -0.1) is 0 Å². The Labute approximate surface area is 112 Å². The van der Waals surface area contributed by atoms with Gasteiger partial charge in [0.25, 0.3) is 0 Å². The number of nitrogens with one attached hydrogen (secondary N) is 1. The van der Waals surface area contributed by atoms with Gasteiger partial charge < -0.3 is 15.1 Å². The second kappa shape index (κ2) is 7.74. The van der Waals surface area contributed by atoms with Crippen molar-refractivity contribution < 1.29 is 4.79 Å². The molecule has 106 valence electrons. The van der Waals surface area contributed by atoms with Crippen LogP contribution in [0.3, 0.4) is 0 Å². The van der Waals surface area contributed by atoms with Gasteiger partial charge in [0, 0.05) is 19.6 Å². The zero-order valence-electron chi connectivity index (χ0n) is 12.4. The summed E-state index contributed by atoms with van der Waals surface area (Å²) in [7, 11) is 1.87. The van der Waals surface area contributed by atoms with Crippen LogP contribution in [0.15, 0.2) is 0 Å². The quantitative estimate of drug-likeness (QED) is 0.805. The molecule has 0 aromatic rings. The van der Waals surface area contributed by atoms with Gasteiger partial charge in [0.2, 0.25) is 5.91 Å². The molecule has 4 nitrogen and oxygen atoms in total. The zero-order chi connectivity index (χ0) is 13.5. The molecule has 1 saturated heterocycles. The predicted octanol–water partition coefficient (Wildman–Crippen LogP) is 1.32. The average molecular weight is 255 g/mol. The van der Waals surface area contributed by atoms with Crippen molar-refractivity contribution in [1.29, 1.82) is 0 Å². The highest BCUT2D eigenvalue weighted by molar-refractivity contribution is 5.81. The third-order valence-electron chi connectivity index (χ3n) is 3.97. The Hall–Kier alpha value is -0.610. The molecule has 0 spiro atoms. The molecule has 1 fully saturated rings. The summed E-state index contributed by atoms with van der Waals surface area (Å²) in [6.07, 6.45) is 3.57. The monoisotopic (exact) mass is 255 g/mol. The molecule has 2 atom stereocenters. The van der Waals surface area contributed by atoms with E-state index < -0.39 is 0 Å². The molecular weight excluding hydrogens is 226 g/mol. The molecule has 0 radical (unpaired) electrons. The minimum absolute atomic E-state index is 0.0619. The fraction of sp³-hybridized carbons (Fsp3) is 0.929. The lowest BCUT2D eigenvalue weighted by Crippen LogP contribution is -2.47. The molecule has 0 saturated carbocycles. The van der Waals surface area contributed by atoms with Crippen LogP contribution in [0, 0.1) is 0 Å². The molecule has 1 heterocycles. The highest BCUT2D eigenvalue weighted by Gasteiger charge is 2.22. The molecule has 0 aliphatic carbocycles. The van der Waals surface area contributed by atoms with Crippen LogP contribution in [0.25, 0.3) is 0 Å². The van der Waals surface area contributed by atoms with Crippen molar-refractivity contribution in [2.24, 2.45) is 0 Å². The SMILES string of the molecule is CCN1CCCC(NC(C)C(=O)N(C)CC)CC1. The van der Waals surface area contributed by atoms with Crippen LogP contribution < -0.4 is 5.32 Å². The van der Waals surface area contributed by atoms with Gasteiger partial charge in [0.15, 0.2) is 0 Å². The number of carbonyl (C=O) groups is 1. The van der Waals surface area contributed by atoms with Crippen LogP contribution in [0.5, 0.6) is 0 Å². The second-order valence-electron chi connectivity index (χ2n) is 5.30. The lowest BCUT2D eigenvalue weighted by Gasteiger charge is -2.25. The smallest absolute Gasteiger partial charge is 0.239 e. The van der Waals surface area contributed by atoms with Crippen LogP contribution in [-0.4, -0.2) is 61.0 Å². The minimum Gasteiger partial charge on any atom is -0.345 e. The summed E-state index contributed by atoms with van der Waals surface area (Å²) in [5, 5.41) is 3.50. The fourth-order valence-corrected chi connectivity index (χ4v) is 2.55. The van der Waals surface area contributed by atoms with Crippen LogP contribution in [-0.2, 0) is 4.79 Å². The van der Waals surface area contributed by atoms with Crippen molar-refractivity contribution in [2.45, 2.75) is 52.1 Å². The summed E-state index contributed by atoms with van der Waals surface area (Å²) in [6, 6.07) is 0.430. The first-order chi connectivity index (χ1) is 8.58. The zero-order valence-corrected chi connectivity index (χ0v) is 12.4. The van der Waals surface area contributed by atoms with E-state index in [1.807, 2.05) is 20.9 Å². The number of carbonyl (C=O) groups excluding carboxylic acids is 1. The van der Waals surface area contributed by atoms with Crippen LogP contribution in [0.1, 0.15) is 40.0 Å². The van der Waals surface area contributed by atoms with E-state index in [2.05, 4.69) is 17.1 Å². The van der Waals surface area contributed by atoms with E-state index >= 15 is 0 Å². The summed E-state index contributed by atoms with van der Waals surface area (Å²) in [5.41, 5.74) is 0. The summed E-state index contributed by atoms with van der Waals surface area (Å²) in [4.78, 5) is 16.3. The maximum Gasteiger partial charge on any atom is 0.239 e. The van der Waals surface area contributed by atoms with E-state index in [-0.39, 0.29) is 11.9 Å². The largest absolute Gasteiger partial charge is 0.345 e. The Kier molecular flexibility index (Phi) is 6.65. The summed E-state index contributed by atoms with van der Waals surface area (Å²) in [6.45, 7) is 10.5. The van der Waals surface area contributed by atoms with Gasteiger partial charge in [-0.1, -0.05) is 6.92 Å². The molecule has 2 unspecified atom stereocenters. The van der Waals surface area contributed by atoms with Gasteiger partial charge >= 0.3 is 0 Å². The van der Waals surface area contributed by atoms with Crippen molar-refractivity contribution in [2.75, 3.05) is 33.2 Å². The predicted molar refractivity (Wildman–Crippen MR) is 75.7 cm³/mol. The Morgan fingerprint density at radius 1 is 1.39 bits per heavy atom. The average Bonchev–Trinajstić information content (AvgIpc) is 2.61. The first kappa shape index (κ1) is 15.4. The van der Waals surface area contributed by atoms with Crippen molar-refractivity contribution in [3.05, 3.63) is 0 Å². The number of likely N-dealkylation sites (tertiary alicyclic amines) is 1. The van der Waals surface area contributed by atoms with Gasteiger partial charge in [-0.25, -0.2) is 0 Å². The van der Waals surface area contributed by atoms with E-state index in [1.54, 1.807) is 4.90 Å². The second-order valence-corrected chi connectivity index (χ2v) is 5.30. The van der Waals surface area contributed by atoms with Gasteiger partial charge in [-0.3, -0.25) is 4.79 Å². The van der Waals surface area contributed by atoms with Crippen LogP contribution in [0.2, 0.25) is 0 Å². The summed E-state index contributed by atoms with van der Waals surface area (Å²) < 4.78 is 0. The molecule has 4 heteroatoms. The van der Waals surface area contributed by atoms with E-state index in [1.165, 1.54) is 19.4 Å². The number of likely N-dealkylation sites (N-methyl/N-ethyl adjacent to an activating group) is 1. The number of nitrogens with zero attached hydrogens (tertiary/aromatic N) is 2. The Morgan fingerprint density at radius 2 is 2.11 bits per heavy atom. The first-order valence-corrected chi connectivity index (χ1v) is 7.31. The molecule has 0 aromatic carbocycles. The lowest BCUT2D eigenvalue weighted by atomic mass is 10.1. The van der Waals surface area contributed by atoms with Gasteiger partial charge in [0.05, 0.1) is 6.04 Å². The van der Waals surface area contributed by atoms with E-state index in [0.717, 1.165) is 26.1 Å². The third-order valence-corrected chi connectivity index (χ3v) is 3.97. The van der Waals surface area contributed by atoms with Crippen molar-refractivity contribution in [3.8, 4) is 0 Å². The highest BCUT2D eigenvalue weighted by atomic mass is 16.2. The normalized spacial score (nSPS) is 23.4. The molecule has 1 rings (SSSR count). The molecule has 1 N–H and O–H groups in total. The topological polar surface area (TPSA) is 35.6 Å². The molecule has 0 bridgehead atoms. The van der Waals surface area contributed by atoms with Crippen LogP contribution in [0.4, 0.5) is 0 Å². The van der Waals surface area contributed by atoms with Gasteiger partial charge in [-0.2, -0.15) is 0 Å². The number of amides is 1. The van der Waals surface area contributed by atoms with Crippen molar-refractivity contribution >= 4 is 5.91 Å². The first-order valence-electron chi connectivity index (χ1n) is 7.31. The Balaban J connectivity index is 2.39. The molecular formula is C14H29N3O. The highest BCUT2D eigenvalue weighted by Crippen LogP contribution is 2.11. The number of rotatable bonds is 5. The number of hydrogen-bond acceptors (Lipinski definition) is 3. The molecule has 1 aliphatic rings. The third kappa shape index (κ3) is 4.58. The molecule has 18 heavy (non-hydrogen) atoms. The van der Waals surface area contributed by atoms with E-state index in [0.29, 0.717) is 6.04 Å². The molecule has 1 aliphatic heterocycles. The summed E-state index contributed by atoms with van der Waals surface area (Å²) >= 11 is 0. The van der Waals surface area contributed by atoms with Crippen molar-refractivity contribution in [1.82, 2.24) is 15.1 Å². The van der Waals surface area contributed by atoms with E-state index in [4.69, 9.17) is 0 Å². The summed E-state index contributed by atoms with van der Waals surface area (Å²) in [5.74, 6) is 0.203. The Bertz CT molecular complexity index is 257. The minimum atomic E-state index is -0.0619. The fourth-order valence-electron chi connectivity index (χ4n) is 2.55. The van der Waals surface area contributed by atoms with Crippen LogP contribution >= 0.6 is 0 Å². The maximum atomic E-state index is 12.0. The standard InChI is InChI=1S/C14H29N3O/c1-5-16(4)14(18)12(3)15-13-8-7-10-17(6-2)11-9-13/h12-13,15H,5-11H2,1-4H3. The van der Waals surface area contributed by atoms with Gasteiger partial charge in [-0.05, 0) is 52.7 Å². The lowest BCUT2D eigenvalue weighted by molar-refractivity contribution is -0.131.